The number of hydrogen-bond donors (Lipinski definition) is 3. The van der Waals surface area contributed by atoms with Crippen molar-refractivity contribution in [3.05, 3.63) is 72.7 Å². The van der Waals surface area contributed by atoms with Crippen molar-refractivity contribution in [2.75, 3.05) is 16.4 Å². The third-order valence-corrected chi connectivity index (χ3v) is 5.52. The Kier molecular flexibility index (Phi) is 5.84. The van der Waals surface area contributed by atoms with Crippen LogP contribution in [0.4, 0.5) is 23.3 Å². The van der Waals surface area contributed by atoms with Gasteiger partial charge in [-0.2, -0.15) is 15.1 Å². The molecule has 0 aliphatic rings. The van der Waals surface area contributed by atoms with Gasteiger partial charge < -0.3 is 20.9 Å². The van der Waals surface area contributed by atoms with Crippen LogP contribution in [0.2, 0.25) is 0 Å². The third kappa shape index (κ3) is 4.67. The maximum Gasteiger partial charge on any atom is 0.245 e. The number of rotatable bonds is 7. The monoisotopic (exact) mass is 467 g/mol. The van der Waals surface area contributed by atoms with Crippen molar-refractivity contribution in [1.82, 2.24) is 29.3 Å². The molecule has 0 saturated carbocycles. The van der Waals surface area contributed by atoms with Crippen LogP contribution in [0.25, 0.3) is 22.3 Å². The average Bonchev–Trinajstić information content (AvgIpc) is 3.42. The lowest BCUT2D eigenvalue weighted by Gasteiger charge is -2.10. The van der Waals surface area contributed by atoms with Gasteiger partial charge in [0.1, 0.15) is 12.4 Å². The maximum atomic E-state index is 12.7. The Morgan fingerprint density at radius 2 is 1.77 bits per heavy atom. The van der Waals surface area contributed by atoms with Gasteiger partial charge in [-0.3, -0.25) is 4.79 Å². The summed E-state index contributed by atoms with van der Waals surface area (Å²) in [7, 11) is 0. The molecule has 1 amide bonds. The van der Waals surface area contributed by atoms with Crippen LogP contribution in [0.5, 0.6) is 0 Å². The van der Waals surface area contributed by atoms with Crippen LogP contribution in [0.15, 0.2) is 67.0 Å². The second kappa shape index (κ2) is 9.26. The summed E-state index contributed by atoms with van der Waals surface area (Å²) in [6.07, 6.45) is 1.56. The lowest BCUT2D eigenvalue weighted by atomic mass is 10.1. The number of aromatic nitrogens is 6. The molecule has 10 heteroatoms. The predicted octanol–water partition coefficient (Wildman–Crippen LogP) is 3.98. The summed E-state index contributed by atoms with van der Waals surface area (Å²) in [4.78, 5) is 25.8. The van der Waals surface area contributed by atoms with Gasteiger partial charge >= 0.3 is 0 Å². The smallest absolute Gasteiger partial charge is 0.245 e. The Bertz CT molecular complexity index is 1490. The van der Waals surface area contributed by atoms with Crippen LogP contribution in [-0.4, -0.2) is 35.2 Å². The van der Waals surface area contributed by atoms with Gasteiger partial charge in [-0.15, -0.1) is 0 Å². The predicted molar refractivity (Wildman–Crippen MR) is 136 cm³/mol. The molecule has 0 saturated heterocycles. The zero-order chi connectivity index (χ0) is 24.4. The quantitative estimate of drug-likeness (QED) is 0.330. The number of fused-ring (bicyclic) bond motifs is 1. The minimum Gasteiger partial charge on any atom is -0.368 e. The van der Waals surface area contributed by atoms with E-state index in [9.17, 15) is 4.79 Å². The molecule has 0 aliphatic carbocycles. The molecule has 0 spiro atoms. The number of nitrogens with one attached hydrogen (secondary N) is 2. The maximum absolute atomic E-state index is 12.7. The minimum absolute atomic E-state index is 0.0199. The highest BCUT2D eigenvalue weighted by molar-refractivity contribution is 5.92. The van der Waals surface area contributed by atoms with E-state index in [4.69, 9.17) is 5.73 Å². The Morgan fingerprint density at radius 3 is 2.51 bits per heavy atom. The molecule has 0 aliphatic heterocycles. The first-order valence-electron chi connectivity index (χ1n) is 11.3. The van der Waals surface area contributed by atoms with Crippen molar-refractivity contribution >= 4 is 40.3 Å². The van der Waals surface area contributed by atoms with Gasteiger partial charge in [0.2, 0.25) is 11.9 Å². The topological polar surface area (TPSA) is 129 Å². The van der Waals surface area contributed by atoms with E-state index in [-0.39, 0.29) is 18.4 Å². The SMILES string of the molecule is CCn1nc(C)cc1NC(=O)Cn1cnc2c(Nc3ccc(-c4ccccc4)cc3)nc(N)nc21. The molecule has 2 aromatic carbocycles. The molecule has 0 radical (unpaired) electrons. The summed E-state index contributed by atoms with van der Waals surface area (Å²) in [6, 6.07) is 20.0. The summed E-state index contributed by atoms with van der Waals surface area (Å²) in [5, 5.41) is 10.5. The van der Waals surface area contributed by atoms with E-state index in [0.717, 1.165) is 22.5 Å². The van der Waals surface area contributed by atoms with Crippen LogP contribution in [0.3, 0.4) is 0 Å². The Hall–Kier alpha value is -4.73. The third-order valence-electron chi connectivity index (χ3n) is 5.52. The first-order valence-corrected chi connectivity index (χ1v) is 11.3. The molecule has 0 bridgehead atoms. The zero-order valence-corrected chi connectivity index (χ0v) is 19.4. The van der Waals surface area contributed by atoms with Crippen molar-refractivity contribution < 1.29 is 4.79 Å². The van der Waals surface area contributed by atoms with Gasteiger partial charge in [0.05, 0.1) is 12.0 Å². The van der Waals surface area contributed by atoms with Crippen molar-refractivity contribution in [2.24, 2.45) is 0 Å². The largest absolute Gasteiger partial charge is 0.368 e. The number of hydrogen-bond acceptors (Lipinski definition) is 7. The second-order valence-electron chi connectivity index (χ2n) is 8.08. The minimum atomic E-state index is -0.220. The summed E-state index contributed by atoms with van der Waals surface area (Å²) < 4.78 is 3.39. The molecule has 3 aromatic heterocycles. The van der Waals surface area contributed by atoms with Crippen molar-refractivity contribution in [1.29, 1.82) is 0 Å². The van der Waals surface area contributed by atoms with Crippen molar-refractivity contribution in [3.63, 3.8) is 0 Å². The van der Waals surface area contributed by atoms with Gasteiger partial charge in [0.15, 0.2) is 17.0 Å². The van der Waals surface area contributed by atoms with Gasteiger partial charge in [0.25, 0.3) is 0 Å². The number of carbonyl (C=O) groups excluding carboxylic acids is 1. The van der Waals surface area contributed by atoms with Gasteiger partial charge in [-0.25, -0.2) is 9.67 Å². The highest BCUT2D eigenvalue weighted by Gasteiger charge is 2.16. The first-order chi connectivity index (χ1) is 17.0. The molecule has 35 heavy (non-hydrogen) atoms. The molecule has 0 atom stereocenters. The molecule has 176 valence electrons. The summed E-state index contributed by atoms with van der Waals surface area (Å²) in [5.41, 5.74) is 10.9. The highest BCUT2D eigenvalue weighted by atomic mass is 16.2. The number of anilines is 4. The molecule has 5 rings (SSSR count). The summed E-state index contributed by atoms with van der Waals surface area (Å²) in [6.45, 7) is 4.53. The van der Waals surface area contributed by atoms with E-state index >= 15 is 0 Å². The van der Waals surface area contributed by atoms with Crippen LogP contribution in [-0.2, 0) is 17.9 Å². The Balaban J connectivity index is 1.36. The van der Waals surface area contributed by atoms with Gasteiger partial charge in [-0.05, 0) is 37.1 Å². The van der Waals surface area contributed by atoms with E-state index in [1.165, 1.54) is 0 Å². The van der Waals surface area contributed by atoms with Crippen molar-refractivity contribution in [3.8, 4) is 11.1 Å². The van der Waals surface area contributed by atoms with Gasteiger partial charge in [0, 0.05) is 18.3 Å². The summed E-state index contributed by atoms with van der Waals surface area (Å²) >= 11 is 0. The molecular formula is C25H25N9O. The molecule has 0 unspecified atom stereocenters. The van der Waals surface area contributed by atoms with E-state index in [0.29, 0.717) is 29.3 Å². The van der Waals surface area contributed by atoms with E-state index < -0.39 is 0 Å². The average molecular weight is 468 g/mol. The number of imidazole rings is 1. The second-order valence-corrected chi connectivity index (χ2v) is 8.08. The lowest BCUT2D eigenvalue weighted by molar-refractivity contribution is -0.116. The normalized spacial score (nSPS) is 11.0. The molecular weight excluding hydrogens is 442 g/mol. The van der Waals surface area contributed by atoms with E-state index in [2.05, 4.69) is 42.8 Å². The van der Waals surface area contributed by atoms with Crippen LogP contribution >= 0.6 is 0 Å². The highest BCUT2D eigenvalue weighted by Crippen LogP contribution is 2.26. The van der Waals surface area contributed by atoms with Crippen molar-refractivity contribution in [2.45, 2.75) is 26.9 Å². The fraction of sp³-hybridized carbons (Fsp3) is 0.160. The first kappa shape index (κ1) is 22.1. The molecule has 10 nitrogen and oxygen atoms in total. The fourth-order valence-corrected chi connectivity index (χ4v) is 3.90. The number of nitrogens with two attached hydrogens (primary N) is 1. The molecule has 4 N–H and O–H groups in total. The number of nitrogens with zero attached hydrogens (tertiary/aromatic N) is 6. The van der Waals surface area contributed by atoms with E-state index in [1.54, 1.807) is 15.6 Å². The standard InChI is InChI=1S/C25H25N9O/c1-3-34-20(13-16(2)32-34)29-21(35)14-33-15-27-22-23(30-25(26)31-24(22)33)28-19-11-9-18(10-12-19)17-7-5-4-6-8-17/h4-13,15H,3,14H2,1-2H3,(H,29,35)(H3,26,28,30,31). The number of carbonyl (C=O) groups is 1. The molecule has 0 fully saturated rings. The molecule has 3 heterocycles. The lowest BCUT2D eigenvalue weighted by Crippen LogP contribution is -2.20. The van der Waals surface area contributed by atoms with Crippen LogP contribution < -0.4 is 16.4 Å². The van der Waals surface area contributed by atoms with Gasteiger partial charge in [-0.1, -0.05) is 42.5 Å². The Morgan fingerprint density at radius 1 is 1.03 bits per heavy atom. The molecule has 5 aromatic rings. The summed E-state index contributed by atoms with van der Waals surface area (Å²) in [5.74, 6) is 0.985. The van der Waals surface area contributed by atoms with Crippen LogP contribution in [0.1, 0.15) is 12.6 Å². The Labute approximate surface area is 201 Å². The fourth-order valence-electron chi connectivity index (χ4n) is 3.90. The van der Waals surface area contributed by atoms with Crippen LogP contribution in [0, 0.1) is 6.92 Å². The zero-order valence-electron chi connectivity index (χ0n) is 19.4. The number of amides is 1. The van der Waals surface area contributed by atoms with E-state index in [1.807, 2.05) is 62.4 Å². The number of aryl methyl sites for hydroxylation is 2. The number of benzene rings is 2. The number of nitrogen functional groups attached to an aromatic ring is 1.